The van der Waals surface area contributed by atoms with Crippen LogP contribution in [0.1, 0.15) is 15.9 Å². The van der Waals surface area contributed by atoms with E-state index in [1.165, 1.54) is 11.0 Å². The van der Waals surface area contributed by atoms with Gasteiger partial charge in [0, 0.05) is 25.7 Å². The first kappa shape index (κ1) is 11.9. The largest absolute Gasteiger partial charge is 0.345 e. The highest BCUT2D eigenvalue weighted by Crippen LogP contribution is 2.07. The Kier molecular flexibility index (Phi) is 3.77. The smallest absolute Gasteiger partial charge is 0.253 e. The second-order valence-corrected chi connectivity index (χ2v) is 3.42. The quantitative estimate of drug-likeness (QED) is 0.574. The van der Waals surface area contributed by atoms with Gasteiger partial charge in [-0.1, -0.05) is 12.1 Å². The first-order valence-electron chi connectivity index (χ1n) is 4.64. The number of rotatable bonds is 3. The summed E-state index contributed by atoms with van der Waals surface area (Å²) in [4.78, 5) is 22.6. The van der Waals surface area contributed by atoms with E-state index >= 15 is 0 Å². The fourth-order valence-corrected chi connectivity index (χ4v) is 1.14. The zero-order valence-corrected chi connectivity index (χ0v) is 9.08. The Morgan fingerprint density at radius 3 is 2.31 bits per heavy atom. The number of hydrogen-bond donors (Lipinski definition) is 0. The van der Waals surface area contributed by atoms with Crippen LogP contribution in [0.4, 0.5) is 0 Å². The van der Waals surface area contributed by atoms with E-state index in [2.05, 4.69) is 0 Å². The van der Waals surface area contributed by atoms with Crippen molar-refractivity contribution >= 4 is 12.0 Å². The Balaban J connectivity index is 2.83. The molecule has 84 valence electrons. The highest BCUT2D eigenvalue weighted by Gasteiger charge is 2.06. The number of nitro groups is 1. The highest BCUT2D eigenvalue weighted by molar-refractivity contribution is 5.94. The summed E-state index contributed by atoms with van der Waals surface area (Å²) >= 11 is 0. The minimum absolute atomic E-state index is 0.0928. The molecule has 0 atom stereocenters. The number of carbonyl (C=O) groups is 1. The lowest BCUT2D eigenvalue weighted by atomic mass is 10.1. The fourth-order valence-electron chi connectivity index (χ4n) is 1.14. The van der Waals surface area contributed by atoms with Gasteiger partial charge in [-0.25, -0.2) is 0 Å². The summed E-state index contributed by atoms with van der Waals surface area (Å²) in [5, 5.41) is 10.1. The van der Waals surface area contributed by atoms with E-state index in [0.29, 0.717) is 11.1 Å². The van der Waals surface area contributed by atoms with Crippen LogP contribution in [-0.4, -0.2) is 29.8 Å². The Labute approximate surface area is 93.1 Å². The predicted octanol–water partition coefficient (Wildman–Crippen LogP) is 1.64. The van der Waals surface area contributed by atoms with Crippen molar-refractivity contribution in [2.75, 3.05) is 14.1 Å². The van der Waals surface area contributed by atoms with E-state index in [4.69, 9.17) is 0 Å². The van der Waals surface area contributed by atoms with Gasteiger partial charge >= 0.3 is 0 Å². The molecule has 0 N–H and O–H groups in total. The zero-order chi connectivity index (χ0) is 12.1. The SMILES string of the molecule is CN(C)C(=O)c1ccc(/C=C/[N+](=O)[O-])cc1. The third-order valence-electron chi connectivity index (χ3n) is 1.95. The average Bonchev–Trinajstić information content (AvgIpc) is 2.26. The third-order valence-corrected chi connectivity index (χ3v) is 1.95. The van der Waals surface area contributed by atoms with Crippen molar-refractivity contribution in [1.29, 1.82) is 0 Å². The van der Waals surface area contributed by atoms with Gasteiger partial charge in [0.05, 0.1) is 4.92 Å². The molecule has 1 aromatic carbocycles. The number of amides is 1. The van der Waals surface area contributed by atoms with Crippen LogP contribution in [0.5, 0.6) is 0 Å². The van der Waals surface area contributed by atoms with Gasteiger partial charge in [-0.15, -0.1) is 0 Å². The van der Waals surface area contributed by atoms with Crippen LogP contribution in [-0.2, 0) is 0 Å². The molecule has 0 saturated carbocycles. The standard InChI is InChI=1S/C11H12N2O3/c1-12(2)11(14)10-5-3-9(4-6-10)7-8-13(15)16/h3-8H,1-2H3/b8-7+. The van der Waals surface area contributed by atoms with E-state index in [1.807, 2.05) is 0 Å². The molecule has 1 aromatic rings. The highest BCUT2D eigenvalue weighted by atomic mass is 16.6. The summed E-state index contributed by atoms with van der Waals surface area (Å²) in [6.07, 6.45) is 2.24. The van der Waals surface area contributed by atoms with Crippen molar-refractivity contribution in [3.8, 4) is 0 Å². The molecular formula is C11H12N2O3. The van der Waals surface area contributed by atoms with Crippen molar-refractivity contribution < 1.29 is 9.72 Å². The van der Waals surface area contributed by atoms with Crippen LogP contribution in [0, 0.1) is 10.1 Å². The molecule has 1 amide bonds. The summed E-state index contributed by atoms with van der Waals surface area (Å²) in [6, 6.07) is 6.61. The van der Waals surface area contributed by atoms with E-state index < -0.39 is 4.92 Å². The average molecular weight is 220 g/mol. The van der Waals surface area contributed by atoms with Crippen molar-refractivity contribution in [2.24, 2.45) is 0 Å². The van der Waals surface area contributed by atoms with Crippen LogP contribution < -0.4 is 0 Å². The van der Waals surface area contributed by atoms with E-state index in [-0.39, 0.29) is 5.91 Å². The number of benzene rings is 1. The van der Waals surface area contributed by atoms with Gasteiger partial charge in [-0.05, 0) is 17.7 Å². The molecule has 0 aliphatic rings. The maximum Gasteiger partial charge on any atom is 0.253 e. The first-order chi connectivity index (χ1) is 7.50. The van der Waals surface area contributed by atoms with E-state index in [9.17, 15) is 14.9 Å². The van der Waals surface area contributed by atoms with Crippen molar-refractivity contribution in [1.82, 2.24) is 4.90 Å². The van der Waals surface area contributed by atoms with Crippen LogP contribution in [0.15, 0.2) is 30.5 Å². The van der Waals surface area contributed by atoms with Crippen molar-refractivity contribution in [2.45, 2.75) is 0 Å². The molecule has 0 aliphatic heterocycles. The molecule has 0 spiro atoms. The van der Waals surface area contributed by atoms with Gasteiger partial charge in [0.15, 0.2) is 0 Å². The number of nitrogens with zero attached hydrogens (tertiary/aromatic N) is 2. The topological polar surface area (TPSA) is 63.5 Å². The predicted molar refractivity (Wildman–Crippen MR) is 60.5 cm³/mol. The molecular weight excluding hydrogens is 208 g/mol. The first-order valence-corrected chi connectivity index (χ1v) is 4.64. The minimum Gasteiger partial charge on any atom is -0.345 e. The molecule has 0 saturated heterocycles. The second-order valence-electron chi connectivity index (χ2n) is 3.42. The summed E-state index contributed by atoms with van der Waals surface area (Å²) < 4.78 is 0. The van der Waals surface area contributed by atoms with E-state index in [1.54, 1.807) is 38.4 Å². The Morgan fingerprint density at radius 1 is 1.31 bits per heavy atom. The monoisotopic (exact) mass is 220 g/mol. The second kappa shape index (κ2) is 5.06. The molecule has 5 nitrogen and oxygen atoms in total. The molecule has 0 radical (unpaired) electrons. The molecule has 0 bridgehead atoms. The molecule has 0 unspecified atom stereocenters. The van der Waals surface area contributed by atoms with Crippen LogP contribution in [0.3, 0.4) is 0 Å². The number of hydrogen-bond acceptors (Lipinski definition) is 3. The third kappa shape index (κ3) is 3.20. The van der Waals surface area contributed by atoms with Gasteiger partial charge < -0.3 is 4.90 Å². The fraction of sp³-hybridized carbons (Fsp3) is 0.182. The summed E-state index contributed by atoms with van der Waals surface area (Å²) in [7, 11) is 3.34. The van der Waals surface area contributed by atoms with Gasteiger partial charge in [0.2, 0.25) is 6.20 Å². The van der Waals surface area contributed by atoms with Gasteiger partial charge in [0.25, 0.3) is 5.91 Å². The van der Waals surface area contributed by atoms with Gasteiger partial charge in [-0.2, -0.15) is 0 Å². The molecule has 1 rings (SSSR count). The molecule has 5 heteroatoms. The lowest BCUT2D eigenvalue weighted by Gasteiger charge is -2.09. The van der Waals surface area contributed by atoms with Crippen LogP contribution >= 0.6 is 0 Å². The molecule has 0 fully saturated rings. The number of carbonyl (C=O) groups excluding carboxylic acids is 1. The Morgan fingerprint density at radius 2 is 1.88 bits per heavy atom. The maximum atomic E-state index is 11.5. The lowest BCUT2D eigenvalue weighted by Crippen LogP contribution is -2.21. The summed E-state index contributed by atoms with van der Waals surface area (Å²) in [6.45, 7) is 0. The van der Waals surface area contributed by atoms with Gasteiger partial charge in [-0.3, -0.25) is 14.9 Å². The molecule has 16 heavy (non-hydrogen) atoms. The van der Waals surface area contributed by atoms with Crippen molar-refractivity contribution in [3.05, 3.63) is 51.7 Å². The van der Waals surface area contributed by atoms with Crippen molar-refractivity contribution in [3.63, 3.8) is 0 Å². The lowest BCUT2D eigenvalue weighted by molar-refractivity contribution is -0.400. The maximum absolute atomic E-state index is 11.5. The summed E-state index contributed by atoms with van der Waals surface area (Å²) in [5.41, 5.74) is 1.25. The molecule has 0 aromatic heterocycles. The molecule has 0 heterocycles. The van der Waals surface area contributed by atoms with Gasteiger partial charge in [0.1, 0.15) is 0 Å². The Bertz CT molecular complexity index is 421. The van der Waals surface area contributed by atoms with Crippen LogP contribution in [0.25, 0.3) is 6.08 Å². The minimum atomic E-state index is -0.529. The zero-order valence-electron chi connectivity index (χ0n) is 9.08. The molecule has 0 aliphatic carbocycles. The normalized spacial score (nSPS) is 10.4. The van der Waals surface area contributed by atoms with Crippen LogP contribution in [0.2, 0.25) is 0 Å². The Hall–Kier alpha value is -2.17. The van der Waals surface area contributed by atoms with E-state index in [0.717, 1.165) is 6.20 Å². The summed E-state index contributed by atoms with van der Waals surface area (Å²) in [5.74, 6) is -0.0928.